The molecule has 6 heteroatoms. The third kappa shape index (κ3) is 9.43. The highest BCUT2D eigenvalue weighted by atomic mass is 28.4. The summed E-state index contributed by atoms with van der Waals surface area (Å²) in [7, 11) is -1.43. The molecule has 0 amide bonds. The van der Waals surface area contributed by atoms with Gasteiger partial charge in [0.25, 0.3) is 0 Å². The summed E-state index contributed by atoms with van der Waals surface area (Å²) in [6.45, 7) is 23.6. The van der Waals surface area contributed by atoms with Crippen LogP contribution in [0.3, 0.4) is 0 Å². The van der Waals surface area contributed by atoms with E-state index in [1.54, 1.807) is 12.7 Å². The van der Waals surface area contributed by atoms with Gasteiger partial charge in [0, 0.05) is 13.2 Å². The Morgan fingerprint density at radius 2 is 1.39 bits per heavy atom. The smallest absolute Gasteiger partial charge is 0.200 e. The van der Waals surface area contributed by atoms with E-state index in [9.17, 15) is 0 Å². The molecule has 1 saturated heterocycles. The first kappa shape index (κ1) is 31.3. The van der Waals surface area contributed by atoms with E-state index < -0.39 is 16.4 Å². The van der Waals surface area contributed by atoms with E-state index in [1.807, 2.05) is 12.1 Å². The molecule has 1 aliphatic heterocycles. The van der Waals surface area contributed by atoms with Gasteiger partial charge in [-0.15, -0.1) is 0 Å². The fourth-order valence-corrected chi connectivity index (χ4v) is 13.0. The molecule has 1 aliphatic rings. The second kappa shape index (κ2) is 14.3. The van der Waals surface area contributed by atoms with E-state index in [1.165, 1.54) is 5.56 Å². The van der Waals surface area contributed by atoms with Gasteiger partial charge in [-0.1, -0.05) is 84.6 Å². The van der Waals surface area contributed by atoms with E-state index in [0.29, 0.717) is 29.8 Å². The predicted molar refractivity (Wildman–Crippen MR) is 158 cm³/mol. The van der Waals surface area contributed by atoms with E-state index >= 15 is 0 Å². The second-order valence-electron chi connectivity index (χ2n) is 12.6. The summed E-state index contributed by atoms with van der Waals surface area (Å²) >= 11 is 0. The third-order valence-electron chi connectivity index (χ3n) is 7.51. The van der Waals surface area contributed by atoms with Gasteiger partial charge in [-0.3, -0.25) is 0 Å². The molecule has 0 aliphatic carbocycles. The van der Waals surface area contributed by atoms with Crippen molar-refractivity contribution in [1.29, 1.82) is 0 Å². The lowest BCUT2D eigenvalue weighted by atomic mass is 9.96. The molecule has 4 nitrogen and oxygen atoms in total. The van der Waals surface area contributed by atoms with Gasteiger partial charge in [0.1, 0.15) is 5.75 Å². The summed E-state index contributed by atoms with van der Waals surface area (Å²) in [6, 6.07) is 8.10. The summed E-state index contributed by atoms with van der Waals surface area (Å²) in [5.41, 5.74) is 7.20. The van der Waals surface area contributed by atoms with Crippen molar-refractivity contribution in [2.24, 2.45) is 0 Å². The summed E-state index contributed by atoms with van der Waals surface area (Å²) in [5.74, 6) is 0.876. The zero-order valence-electron chi connectivity index (χ0n) is 24.9. The maximum absolute atomic E-state index is 6.87. The Morgan fingerprint density at radius 3 is 1.86 bits per heavy atom. The summed E-state index contributed by atoms with van der Waals surface area (Å²) in [6.07, 6.45) is 4.47. The number of ether oxygens (including phenoxy) is 3. The Morgan fingerprint density at radius 1 is 0.861 bits per heavy atom. The van der Waals surface area contributed by atoms with Crippen LogP contribution in [0.15, 0.2) is 35.5 Å². The largest absolute Gasteiger partial charge is 0.497 e. The molecule has 1 aromatic rings. The lowest BCUT2D eigenvalue weighted by Crippen LogP contribution is -2.48. The molecule has 0 aromatic heterocycles. The van der Waals surface area contributed by atoms with Crippen molar-refractivity contribution in [2.75, 3.05) is 20.3 Å². The van der Waals surface area contributed by atoms with E-state index in [2.05, 4.69) is 79.0 Å². The van der Waals surface area contributed by atoms with Gasteiger partial charge in [-0.25, -0.2) is 0 Å². The van der Waals surface area contributed by atoms with E-state index in [0.717, 1.165) is 38.0 Å². The van der Waals surface area contributed by atoms with Crippen molar-refractivity contribution in [2.45, 2.75) is 122 Å². The molecule has 1 aromatic carbocycles. The van der Waals surface area contributed by atoms with Crippen molar-refractivity contribution in [3.63, 3.8) is 0 Å². The molecular formula is C30H54O4Si2. The number of methoxy groups -OCH3 is 1. The van der Waals surface area contributed by atoms with Crippen LogP contribution in [0.5, 0.6) is 5.75 Å². The highest BCUT2D eigenvalue weighted by molar-refractivity contribution is 6.81. The minimum Gasteiger partial charge on any atom is -0.497 e. The maximum Gasteiger partial charge on any atom is 0.200 e. The monoisotopic (exact) mass is 534 g/mol. The van der Waals surface area contributed by atoms with Crippen molar-refractivity contribution < 1.29 is 18.6 Å². The SMILES string of the molecule is COc1ccc(COCC[C@H]2C/C(=C/[Si](C)(C)C)C[C@@H](CCO[Si](C(C)C)(C(C)C)C(C)C)O2)cc1. The normalized spacial score (nSPS) is 20.6. The third-order valence-corrected chi connectivity index (χ3v) is 14.9. The first-order valence-electron chi connectivity index (χ1n) is 14.1. The summed E-state index contributed by atoms with van der Waals surface area (Å²) < 4.78 is 24.8. The van der Waals surface area contributed by atoms with Gasteiger partial charge in [0.05, 0.1) is 34.0 Å². The molecule has 36 heavy (non-hydrogen) atoms. The van der Waals surface area contributed by atoms with Gasteiger partial charge >= 0.3 is 0 Å². The lowest BCUT2D eigenvalue weighted by molar-refractivity contribution is -0.0547. The Hall–Kier alpha value is -0.926. The van der Waals surface area contributed by atoms with Gasteiger partial charge in [-0.2, -0.15) is 0 Å². The van der Waals surface area contributed by atoms with Crippen LogP contribution < -0.4 is 4.74 Å². The Balaban J connectivity index is 1.96. The Labute approximate surface area is 224 Å². The van der Waals surface area contributed by atoms with Crippen LogP contribution in [-0.2, 0) is 20.5 Å². The minimum atomic E-state index is -1.84. The topological polar surface area (TPSA) is 36.9 Å². The van der Waals surface area contributed by atoms with Crippen LogP contribution in [0.2, 0.25) is 36.3 Å². The van der Waals surface area contributed by atoms with Crippen LogP contribution in [0.25, 0.3) is 0 Å². The fourth-order valence-electron chi connectivity index (χ4n) is 6.10. The maximum atomic E-state index is 6.87. The Kier molecular flexibility index (Phi) is 12.4. The van der Waals surface area contributed by atoms with E-state index in [4.69, 9.17) is 18.6 Å². The van der Waals surface area contributed by atoms with Crippen LogP contribution in [-0.4, -0.2) is 48.9 Å². The zero-order valence-corrected chi connectivity index (χ0v) is 26.9. The molecular weight excluding hydrogens is 480 g/mol. The zero-order chi connectivity index (χ0) is 26.9. The molecule has 0 radical (unpaired) electrons. The predicted octanol–water partition coefficient (Wildman–Crippen LogP) is 8.54. The number of benzene rings is 1. The first-order chi connectivity index (χ1) is 16.9. The number of hydrogen-bond acceptors (Lipinski definition) is 4. The van der Waals surface area contributed by atoms with Gasteiger partial charge in [-0.05, 0) is 60.0 Å². The second-order valence-corrected chi connectivity index (χ2v) is 23.1. The van der Waals surface area contributed by atoms with Crippen molar-refractivity contribution in [3.8, 4) is 5.75 Å². The highest BCUT2D eigenvalue weighted by Gasteiger charge is 2.45. The molecule has 0 bridgehead atoms. The molecule has 206 valence electrons. The molecule has 0 spiro atoms. The lowest BCUT2D eigenvalue weighted by Gasteiger charge is -2.42. The van der Waals surface area contributed by atoms with Crippen molar-refractivity contribution in [3.05, 3.63) is 41.1 Å². The van der Waals surface area contributed by atoms with Gasteiger partial charge in [0.15, 0.2) is 8.32 Å². The summed E-state index contributed by atoms with van der Waals surface area (Å²) in [4.78, 5) is 0. The number of rotatable bonds is 14. The van der Waals surface area contributed by atoms with Crippen LogP contribution in [0.4, 0.5) is 0 Å². The van der Waals surface area contributed by atoms with Crippen LogP contribution in [0.1, 0.15) is 72.8 Å². The average Bonchev–Trinajstić information content (AvgIpc) is 2.78. The van der Waals surface area contributed by atoms with Gasteiger partial charge < -0.3 is 18.6 Å². The highest BCUT2D eigenvalue weighted by Crippen LogP contribution is 2.42. The Bertz CT molecular complexity index is 774. The number of hydrogen-bond donors (Lipinski definition) is 0. The van der Waals surface area contributed by atoms with Crippen molar-refractivity contribution in [1.82, 2.24) is 0 Å². The quantitative estimate of drug-likeness (QED) is 0.177. The molecule has 2 rings (SSSR count). The van der Waals surface area contributed by atoms with Crippen LogP contribution in [0, 0.1) is 0 Å². The van der Waals surface area contributed by atoms with Crippen molar-refractivity contribution >= 4 is 16.4 Å². The van der Waals surface area contributed by atoms with E-state index in [-0.39, 0.29) is 12.2 Å². The molecule has 2 atom stereocenters. The molecule has 0 unspecified atom stereocenters. The van der Waals surface area contributed by atoms with Crippen LogP contribution >= 0.6 is 0 Å². The summed E-state index contributed by atoms with van der Waals surface area (Å²) in [5, 5.41) is 0. The standard InChI is InChI=1S/C30H54O4Si2/c1-23(2)36(24(3)4,25(5)6)33-18-16-30-20-27(22-35(8,9)10)19-29(34-30)15-17-32-21-26-11-13-28(31-7)14-12-26/h11-14,22-25,29-30H,15-21H2,1-10H3/b27-22-/t29-,30+/m0/s1. The first-order valence-corrected chi connectivity index (χ1v) is 19.8. The minimum absolute atomic E-state index is 0.226. The van der Waals surface area contributed by atoms with Gasteiger partial charge in [0.2, 0.25) is 0 Å². The molecule has 0 N–H and O–H groups in total. The average molecular weight is 535 g/mol. The molecule has 1 fully saturated rings. The fraction of sp³-hybridized carbons (Fsp3) is 0.733. The molecule has 1 heterocycles. The molecule has 0 saturated carbocycles.